The Morgan fingerprint density at radius 3 is 2.46 bits per heavy atom. The van der Waals surface area contributed by atoms with Crippen LogP contribution in [0, 0.1) is 0 Å². The van der Waals surface area contributed by atoms with Crippen LogP contribution in [-0.2, 0) is 6.54 Å². The molecule has 0 radical (unpaired) electrons. The summed E-state index contributed by atoms with van der Waals surface area (Å²) in [7, 11) is 2.14. The topological polar surface area (TPSA) is 95.4 Å². The van der Waals surface area contributed by atoms with Crippen molar-refractivity contribution >= 4 is 22.4 Å². The molecule has 2 saturated heterocycles. The predicted molar refractivity (Wildman–Crippen MR) is 137 cm³/mol. The minimum absolute atomic E-state index is 0.168. The number of piperidine rings is 1. The Morgan fingerprint density at radius 2 is 1.71 bits per heavy atom. The molecule has 2 fully saturated rings. The van der Waals surface area contributed by atoms with Crippen molar-refractivity contribution in [3.05, 3.63) is 36.4 Å². The zero-order chi connectivity index (χ0) is 24.0. The Balaban J connectivity index is 1.16. The average Bonchev–Trinajstić information content (AvgIpc) is 3.36. The van der Waals surface area contributed by atoms with Crippen molar-refractivity contribution in [2.45, 2.75) is 32.4 Å². The van der Waals surface area contributed by atoms with Gasteiger partial charge in [-0.25, -0.2) is 19.9 Å². The molecule has 5 heterocycles. The second-order valence-corrected chi connectivity index (χ2v) is 10.2. The van der Waals surface area contributed by atoms with Gasteiger partial charge in [-0.2, -0.15) is 4.98 Å². The lowest BCUT2D eigenvalue weighted by Crippen LogP contribution is -2.45. The minimum atomic E-state index is 0.168. The molecular weight excluding hydrogens is 462 g/mol. The molecule has 0 saturated carbocycles. The Labute approximate surface area is 210 Å². The number of likely N-dealkylation sites (N-methyl/N-ethyl adjacent to an activating group) is 1. The number of ether oxygens (including phenoxy) is 1. The van der Waals surface area contributed by atoms with Crippen LogP contribution in [0.5, 0.6) is 6.01 Å². The van der Waals surface area contributed by atoms with Crippen LogP contribution < -0.4 is 10.1 Å². The largest absolute Gasteiger partial charge is 0.460 e. The standard InChI is InChI=1S/C24H33N9OS/c1-3-32-10-12-33(13-11-32)17-18-14-26-22(27-15-18)30-24-28-16-21(35-24)20-4-7-25-23(29-20)34-19-5-8-31(2)9-6-19/h4,7,14-16,19H,3,5-6,8-13,17H2,1-2H3,(H,26,27,28,30). The SMILES string of the molecule is CCN1CCN(Cc2cnc(Nc3ncc(-c4ccnc(OC5CCN(C)CC5)n4)s3)nc2)CC1. The molecule has 35 heavy (non-hydrogen) atoms. The zero-order valence-corrected chi connectivity index (χ0v) is 21.2. The number of hydrogen-bond acceptors (Lipinski definition) is 11. The summed E-state index contributed by atoms with van der Waals surface area (Å²) in [6.45, 7) is 10.7. The van der Waals surface area contributed by atoms with Crippen LogP contribution in [0.1, 0.15) is 25.3 Å². The number of aromatic nitrogens is 5. The maximum absolute atomic E-state index is 6.04. The van der Waals surface area contributed by atoms with Gasteiger partial charge in [-0.15, -0.1) is 0 Å². The fraction of sp³-hybridized carbons (Fsp3) is 0.542. The molecule has 0 atom stereocenters. The molecule has 2 aliphatic rings. The van der Waals surface area contributed by atoms with Crippen molar-refractivity contribution in [3.8, 4) is 16.6 Å². The Morgan fingerprint density at radius 1 is 0.971 bits per heavy atom. The maximum Gasteiger partial charge on any atom is 0.317 e. The maximum atomic E-state index is 6.04. The first kappa shape index (κ1) is 24.0. The van der Waals surface area contributed by atoms with Gasteiger partial charge in [-0.05, 0) is 32.5 Å². The van der Waals surface area contributed by atoms with E-state index < -0.39 is 0 Å². The summed E-state index contributed by atoms with van der Waals surface area (Å²) in [4.78, 5) is 30.6. The molecule has 0 amide bonds. The third kappa shape index (κ3) is 6.49. The monoisotopic (exact) mass is 495 g/mol. The highest BCUT2D eigenvalue weighted by Gasteiger charge is 2.20. The number of piperazine rings is 1. The van der Waals surface area contributed by atoms with Crippen molar-refractivity contribution in [1.82, 2.24) is 39.6 Å². The van der Waals surface area contributed by atoms with E-state index in [1.807, 2.05) is 18.5 Å². The summed E-state index contributed by atoms with van der Waals surface area (Å²) in [6, 6.07) is 2.31. The average molecular weight is 496 g/mol. The van der Waals surface area contributed by atoms with E-state index in [-0.39, 0.29) is 6.10 Å². The van der Waals surface area contributed by atoms with Gasteiger partial charge in [-0.1, -0.05) is 18.3 Å². The summed E-state index contributed by atoms with van der Waals surface area (Å²) in [6.07, 6.45) is 9.49. The molecule has 0 aromatic carbocycles. The highest BCUT2D eigenvalue weighted by molar-refractivity contribution is 7.18. The molecule has 10 nitrogen and oxygen atoms in total. The number of hydrogen-bond donors (Lipinski definition) is 1. The fourth-order valence-electron chi connectivity index (χ4n) is 4.36. The number of likely N-dealkylation sites (tertiary alicyclic amines) is 1. The van der Waals surface area contributed by atoms with Crippen LogP contribution in [0.4, 0.5) is 11.1 Å². The predicted octanol–water partition coefficient (Wildman–Crippen LogP) is 2.74. The van der Waals surface area contributed by atoms with Crippen molar-refractivity contribution in [2.24, 2.45) is 0 Å². The van der Waals surface area contributed by atoms with Gasteiger partial charge in [0.15, 0.2) is 5.13 Å². The van der Waals surface area contributed by atoms with Crippen molar-refractivity contribution in [1.29, 1.82) is 0 Å². The second-order valence-electron chi connectivity index (χ2n) is 9.12. The summed E-state index contributed by atoms with van der Waals surface area (Å²) in [5, 5.41) is 3.93. The van der Waals surface area contributed by atoms with E-state index in [9.17, 15) is 0 Å². The van der Waals surface area contributed by atoms with Crippen molar-refractivity contribution in [3.63, 3.8) is 0 Å². The zero-order valence-electron chi connectivity index (χ0n) is 20.4. The number of rotatable bonds is 8. The lowest BCUT2D eigenvalue weighted by Gasteiger charge is -2.33. The van der Waals surface area contributed by atoms with Gasteiger partial charge in [0.25, 0.3) is 0 Å². The molecule has 3 aromatic rings. The summed E-state index contributed by atoms with van der Waals surface area (Å²) in [5.74, 6) is 0.541. The van der Waals surface area contributed by atoms with Crippen LogP contribution in [-0.4, -0.2) is 98.6 Å². The highest BCUT2D eigenvalue weighted by atomic mass is 32.1. The molecule has 186 valence electrons. The first-order valence-corrected chi connectivity index (χ1v) is 13.1. The first-order chi connectivity index (χ1) is 17.1. The quantitative estimate of drug-likeness (QED) is 0.502. The van der Waals surface area contributed by atoms with E-state index in [1.165, 1.54) is 11.3 Å². The lowest BCUT2D eigenvalue weighted by atomic mass is 10.1. The van der Waals surface area contributed by atoms with Crippen LogP contribution in [0.3, 0.4) is 0 Å². The summed E-state index contributed by atoms with van der Waals surface area (Å²) in [5.41, 5.74) is 1.92. The molecule has 1 N–H and O–H groups in total. The van der Waals surface area contributed by atoms with E-state index in [2.05, 4.69) is 58.9 Å². The first-order valence-electron chi connectivity index (χ1n) is 12.3. The Hall–Kier alpha value is -2.73. The van der Waals surface area contributed by atoms with Gasteiger partial charge in [0, 0.05) is 76.2 Å². The number of anilines is 2. The minimum Gasteiger partial charge on any atom is -0.460 e. The molecule has 0 unspecified atom stereocenters. The number of nitrogens with zero attached hydrogens (tertiary/aromatic N) is 8. The van der Waals surface area contributed by atoms with Gasteiger partial charge in [0.1, 0.15) is 6.10 Å². The van der Waals surface area contributed by atoms with E-state index in [0.29, 0.717) is 12.0 Å². The van der Waals surface area contributed by atoms with E-state index >= 15 is 0 Å². The third-order valence-electron chi connectivity index (χ3n) is 6.57. The van der Waals surface area contributed by atoms with E-state index in [1.54, 1.807) is 12.4 Å². The highest BCUT2D eigenvalue weighted by Crippen LogP contribution is 2.29. The molecule has 2 aliphatic heterocycles. The molecule has 3 aromatic heterocycles. The Kier molecular flexibility index (Phi) is 7.77. The third-order valence-corrected chi connectivity index (χ3v) is 7.51. The van der Waals surface area contributed by atoms with Crippen LogP contribution in [0.2, 0.25) is 0 Å². The van der Waals surface area contributed by atoms with Gasteiger partial charge in [-0.3, -0.25) is 4.90 Å². The van der Waals surface area contributed by atoms with E-state index in [4.69, 9.17) is 4.74 Å². The fourth-order valence-corrected chi connectivity index (χ4v) is 5.14. The smallest absolute Gasteiger partial charge is 0.317 e. The number of thiazole rings is 1. The molecule has 0 aliphatic carbocycles. The van der Waals surface area contributed by atoms with Gasteiger partial charge in [0.2, 0.25) is 5.95 Å². The van der Waals surface area contributed by atoms with Gasteiger partial charge >= 0.3 is 6.01 Å². The van der Waals surface area contributed by atoms with Crippen molar-refractivity contribution < 1.29 is 4.74 Å². The molecule has 5 rings (SSSR count). The lowest BCUT2D eigenvalue weighted by molar-refractivity contribution is 0.105. The summed E-state index contributed by atoms with van der Waals surface area (Å²) < 4.78 is 6.04. The normalized spacial score (nSPS) is 18.6. The van der Waals surface area contributed by atoms with Crippen LogP contribution in [0.15, 0.2) is 30.9 Å². The molecule has 0 spiro atoms. The molecular formula is C24H33N9OS. The van der Waals surface area contributed by atoms with E-state index in [0.717, 1.165) is 86.5 Å². The van der Waals surface area contributed by atoms with Crippen molar-refractivity contribution in [2.75, 3.05) is 58.2 Å². The molecule has 11 heteroatoms. The van der Waals surface area contributed by atoms with Gasteiger partial charge in [0.05, 0.1) is 10.6 Å². The summed E-state index contributed by atoms with van der Waals surface area (Å²) >= 11 is 1.50. The Bertz CT molecular complexity index is 1080. The second kappa shape index (κ2) is 11.3. The van der Waals surface area contributed by atoms with Crippen LogP contribution in [0.25, 0.3) is 10.6 Å². The molecule has 0 bridgehead atoms. The van der Waals surface area contributed by atoms with Crippen LogP contribution >= 0.6 is 11.3 Å². The number of nitrogens with one attached hydrogen (secondary N) is 1. The van der Waals surface area contributed by atoms with Gasteiger partial charge < -0.3 is 19.9 Å².